The van der Waals surface area contributed by atoms with Crippen LogP contribution >= 0.6 is 0 Å². The molecule has 1 aromatic rings. The number of hydrogen-bond acceptors (Lipinski definition) is 1. The maximum Gasteiger partial charge on any atom is 0.146 e. The van der Waals surface area contributed by atoms with Gasteiger partial charge in [-0.2, -0.15) is 0 Å². The molecule has 0 N–H and O–H groups in total. The van der Waals surface area contributed by atoms with E-state index < -0.39 is 0 Å². The van der Waals surface area contributed by atoms with Gasteiger partial charge in [0.1, 0.15) is 10.5 Å². The van der Waals surface area contributed by atoms with Crippen molar-refractivity contribution in [3.8, 4) is 0 Å². The van der Waals surface area contributed by atoms with E-state index in [1.54, 1.807) is 0 Å². The molecule has 0 aromatic heterocycles. The fourth-order valence-electron chi connectivity index (χ4n) is 1.37. The Morgan fingerprint density at radius 2 is 2.08 bits per heavy atom. The van der Waals surface area contributed by atoms with Crippen molar-refractivity contribution in [1.82, 2.24) is 0 Å². The molecule has 1 aromatic carbocycles. The molecule has 0 saturated heterocycles. The number of rotatable bonds is 3. The van der Waals surface area contributed by atoms with Gasteiger partial charge in [0.25, 0.3) is 0 Å². The molecule has 1 rings (SSSR count). The summed E-state index contributed by atoms with van der Waals surface area (Å²) in [5.41, 5.74) is 3.55. The molecular weight excluding hydrogens is 176 g/mol. The zero-order valence-corrected chi connectivity index (χ0v) is 10.5. The van der Waals surface area contributed by atoms with Crippen LogP contribution in [0.4, 0.5) is 0 Å². The minimum absolute atomic E-state index is 0.194. The first-order chi connectivity index (χ1) is 6.16. The Hall–Kier alpha value is -0.863. The molecule has 0 heterocycles. The van der Waals surface area contributed by atoms with Crippen LogP contribution in [0.3, 0.4) is 0 Å². The number of allylic oxidation sites excluding steroid dienone is 1. The van der Waals surface area contributed by atoms with Crippen molar-refractivity contribution in [2.45, 2.75) is 20.0 Å². The Morgan fingerprint density at radius 1 is 1.46 bits per heavy atom. The van der Waals surface area contributed by atoms with Crippen LogP contribution in [0.15, 0.2) is 30.8 Å². The lowest BCUT2D eigenvalue weighted by Gasteiger charge is -2.15. The van der Waals surface area contributed by atoms with Crippen LogP contribution in [-0.2, 0) is 4.43 Å². The lowest BCUT2D eigenvalue weighted by Crippen LogP contribution is -2.00. The van der Waals surface area contributed by atoms with E-state index in [4.69, 9.17) is 4.43 Å². The quantitative estimate of drug-likeness (QED) is 0.666. The second kappa shape index (κ2) is 4.39. The van der Waals surface area contributed by atoms with Gasteiger partial charge in [-0.15, -0.1) is 0 Å². The van der Waals surface area contributed by atoms with E-state index in [1.807, 2.05) is 19.1 Å². The molecule has 0 radical (unpaired) electrons. The maximum absolute atomic E-state index is 5.42. The summed E-state index contributed by atoms with van der Waals surface area (Å²) < 4.78 is 5.42. The second-order valence-electron chi connectivity index (χ2n) is 3.25. The maximum atomic E-state index is 5.42. The van der Waals surface area contributed by atoms with Crippen molar-refractivity contribution in [3.05, 3.63) is 42.0 Å². The monoisotopic (exact) mass is 192 g/mol. The highest BCUT2D eigenvalue weighted by atomic mass is 28.2. The SMILES string of the molecule is C=C(C)c1ccccc1C(C)O[SiH3]. The first kappa shape index (κ1) is 10.2. The normalized spacial score (nSPS) is 12.8. The van der Waals surface area contributed by atoms with Crippen molar-refractivity contribution >= 4 is 16.1 Å². The summed E-state index contributed by atoms with van der Waals surface area (Å²) in [5.74, 6) is 0. The van der Waals surface area contributed by atoms with Gasteiger partial charge in [0.15, 0.2) is 0 Å². The average molecular weight is 192 g/mol. The average Bonchev–Trinajstić information content (AvgIpc) is 2.16. The number of hydrogen-bond donors (Lipinski definition) is 0. The molecule has 1 nitrogen and oxygen atoms in total. The zero-order valence-electron chi connectivity index (χ0n) is 8.50. The summed E-state index contributed by atoms with van der Waals surface area (Å²) in [6.07, 6.45) is 0.194. The van der Waals surface area contributed by atoms with Gasteiger partial charge in [0.05, 0.1) is 6.10 Å². The zero-order chi connectivity index (χ0) is 9.84. The third-order valence-corrected chi connectivity index (χ3v) is 2.92. The fraction of sp³-hybridized carbons (Fsp3) is 0.273. The van der Waals surface area contributed by atoms with Crippen molar-refractivity contribution < 1.29 is 4.43 Å². The molecule has 0 spiro atoms. The van der Waals surface area contributed by atoms with Gasteiger partial charge >= 0.3 is 0 Å². The lowest BCUT2D eigenvalue weighted by atomic mass is 9.99. The van der Waals surface area contributed by atoms with Crippen molar-refractivity contribution in [3.63, 3.8) is 0 Å². The minimum atomic E-state index is 0.194. The molecule has 13 heavy (non-hydrogen) atoms. The molecular formula is C11H16OSi. The van der Waals surface area contributed by atoms with Crippen LogP contribution in [0.5, 0.6) is 0 Å². The molecule has 1 atom stereocenters. The predicted octanol–water partition coefficient (Wildman–Crippen LogP) is 2.08. The third-order valence-electron chi connectivity index (χ3n) is 2.21. The highest BCUT2D eigenvalue weighted by Crippen LogP contribution is 2.24. The highest BCUT2D eigenvalue weighted by molar-refractivity contribution is 5.98. The standard InChI is InChI=1S/C11H16OSi/c1-8(2)10-6-4-5-7-11(10)9(3)12-13/h4-7,9H,1H2,2-3,13H3. The van der Waals surface area contributed by atoms with Gasteiger partial charge in [-0.3, -0.25) is 0 Å². The molecule has 70 valence electrons. The van der Waals surface area contributed by atoms with Crippen LogP contribution in [0.1, 0.15) is 31.1 Å². The van der Waals surface area contributed by atoms with Gasteiger partial charge < -0.3 is 4.43 Å². The summed E-state index contributed by atoms with van der Waals surface area (Å²) in [5, 5.41) is 0. The summed E-state index contributed by atoms with van der Waals surface area (Å²) in [4.78, 5) is 0. The smallest absolute Gasteiger partial charge is 0.146 e. The Labute approximate surface area is 83.0 Å². The third kappa shape index (κ3) is 2.29. The Bertz CT molecular complexity index is 307. The van der Waals surface area contributed by atoms with Crippen molar-refractivity contribution in [1.29, 1.82) is 0 Å². The first-order valence-corrected chi connectivity index (χ1v) is 5.26. The van der Waals surface area contributed by atoms with Crippen LogP contribution in [-0.4, -0.2) is 10.5 Å². The molecule has 0 aliphatic heterocycles. The lowest BCUT2D eigenvalue weighted by molar-refractivity contribution is 0.250. The van der Waals surface area contributed by atoms with E-state index in [2.05, 4.69) is 25.6 Å². The van der Waals surface area contributed by atoms with Gasteiger partial charge in [0, 0.05) is 0 Å². The Morgan fingerprint density at radius 3 is 2.62 bits per heavy atom. The molecule has 0 aliphatic carbocycles. The summed E-state index contributed by atoms with van der Waals surface area (Å²) in [6.45, 7) is 8.06. The molecule has 0 aliphatic rings. The molecule has 0 amide bonds. The highest BCUT2D eigenvalue weighted by Gasteiger charge is 2.08. The summed E-state index contributed by atoms with van der Waals surface area (Å²) >= 11 is 0. The van der Waals surface area contributed by atoms with Gasteiger partial charge in [-0.1, -0.05) is 36.4 Å². The van der Waals surface area contributed by atoms with E-state index in [0.29, 0.717) is 0 Å². The molecule has 0 bridgehead atoms. The summed E-state index contributed by atoms with van der Waals surface area (Å²) in [6, 6.07) is 8.27. The predicted molar refractivity (Wildman–Crippen MR) is 60.6 cm³/mol. The molecule has 0 fully saturated rings. The molecule has 1 unspecified atom stereocenters. The molecule has 0 saturated carbocycles. The van der Waals surface area contributed by atoms with Crippen LogP contribution in [0, 0.1) is 0 Å². The van der Waals surface area contributed by atoms with Crippen LogP contribution < -0.4 is 0 Å². The van der Waals surface area contributed by atoms with E-state index in [0.717, 1.165) is 16.1 Å². The van der Waals surface area contributed by atoms with Crippen LogP contribution in [0.25, 0.3) is 5.57 Å². The van der Waals surface area contributed by atoms with E-state index >= 15 is 0 Å². The second-order valence-corrected chi connectivity index (χ2v) is 3.72. The Kier molecular flexibility index (Phi) is 3.45. The number of benzene rings is 1. The minimum Gasteiger partial charge on any atom is -0.421 e. The van der Waals surface area contributed by atoms with Gasteiger partial charge in [-0.05, 0) is 25.0 Å². The van der Waals surface area contributed by atoms with Gasteiger partial charge in [0.2, 0.25) is 0 Å². The van der Waals surface area contributed by atoms with E-state index in [1.165, 1.54) is 11.1 Å². The topological polar surface area (TPSA) is 9.23 Å². The van der Waals surface area contributed by atoms with E-state index in [-0.39, 0.29) is 6.10 Å². The van der Waals surface area contributed by atoms with Crippen molar-refractivity contribution in [2.75, 3.05) is 0 Å². The fourth-order valence-corrected chi connectivity index (χ4v) is 1.62. The molecule has 2 heteroatoms. The van der Waals surface area contributed by atoms with Gasteiger partial charge in [-0.25, -0.2) is 0 Å². The summed E-state index contributed by atoms with van der Waals surface area (Å²) in [7, 11) is 0.772. The van der Waals surface area contributed by atoms with Crippen molar-refractivity contribution in [2.24, 2.45) is 0 Å². The first-order valence-electron chi connectivity index (χ1n) is 4.44. The largest absolute Gasteiger partial charge is 0.421 e. The Balaban J connectivity index is 3.11. The van der Waals surface area contributed by atoms with E-state index in [9.17, 15) is 0 Å². The van der Waals surface area contributed by atoms with Crippen LogP contribution in [0.2, 0.25) is 0 Å².